The van der Waals surface area contributed by atoms with Crippen molar-refractivity contribution in [2.75, 3.05) is 7.11 Å². The van der Waals surface area contributed by atoms with Crippen molar-refractivity contribution in [2.24, 2.45) is 0 Å². The van der Waals surface area contributed by atoms with E-state index in [1.807, 2.05) is 6.07 Å². The number of ether oxygens (including phenoxy) is 1. The molecule has 4 heteroatoms. The third-order valence-corrected chi connectivity index (χ3v) is 2.57. The molecule has 0 aliphatic rings. The Balaban J connectivity index is 3.00. The molecule has 17 heavy (non-hydrogen) atoms. The van der Waals surface area contributed by atoms with E-state index >= 15 is 0 Å². The number of benzene rings is 1. The van der Waals surface area contributed by atoms with Crippen molar-refractivity contribution in [3.8, 4) is 0 Å². The van der Waals surface area contributed by atoms with Crippen LogP contribution in [0.2, 0.25) is 0 Å². The lowest BCUT2D eigenvalue weighted by Crippen LogP contribution is -2.51. The fraction of sp³-hybridized carbons (Fsp3) is 0.308. The van der Waals surface area contributed by atoms with E-state index in [4.69, 9.17) is 0 Å². The maximum atomic E-state index is 11.6. The van der Waals surface area contributed by atoms with Gasteiger partial charge in [0.15, 0.2) is 5.60 Å². The van der Waals surface area contributed by atoms with Gasteiger partial charge in [0, 0.05) is 6.42 Å². The molecule has 0 bridgehead atoms. The van der Waals surface area contributed by atoms with Crippen LogP contribution < -0.4 is 0 Å². The fourth-order valence-corrected chi connectivity index (χ4v) is 1.58. The van der Waals surface area contributed by atoms with Crippen LogP contribution in [-0.2, 0) is 16.0 Å². The van der Waals surface area contributed by atoms with Gasteiger partial charge in [0.2, 0.25) is 0 Å². The molecule has 0 aliphatic carbocycles. The molecule has 0 aliphatic heterocycles. The maximum Gasteiger partial charge on any atom is 0.341 e. The number of carbonyl (C=O) groups excluding carboxylic acids is 1. The van der Waals surface area contributed by atoms with Gasteiger partial charge in [-0.25, -0.2) is 4.79 Å². The van der Waals surface area contributed by atoms with Crippen molar-refractivity contribution in [3.05, 3.63) is 48.6 Å². The van der Waals surface area contributed by atoms with Crippen molar-refractivity contribution in [2.45, 2.75) is 18.1 Å². The standard InChI is InChI=1S/C13H16O4/c1-3-11(14)13(16,12(15)17-2)9-10-7-5-4-6-8-10/h3-8,11,14,16H,1,9H2,2H3/t11-,13+/m0/s1. The Labute approximate surface area is 100 Å². The molecule has 0 radical (unpaired) electrons. The van der Waals surface area contributed by atoms with Gasteiger partial charge >= 0.3 is 5.97 Å². The summed E-state index contributed by atoms with van der Waals surface area (Å²) in [5.41, 5.74) is -1.28. The summed E-state index contributed by atoms with van der Waals surface area (Å²) in [6.07, 6.45) is -0.303. The van der Waals surface area contributed by atoms with Crippen molar-refractivity contribution in [1.82, 2.24) is 0 Å². The van der Waals surface area contributed by atoms with Gasteiger partial charge < -0.3 is 14.9 Å². The molecule has 4 nitrogen and oxygen atoms in total. The summed E-state index contributed by atoms with van der Waals surface area (Å²) in [5, 5.41) is 19.9. The van der Waals surface area contributed by atoms with Crippen LogP contribution in [0.25, 0.3) is 0 Å². The number of rotatable bonds is 5. The lowest BCUT2D eigenvalue weighted by Gasteiger charge is -2.28. The van der Waals surface area contributed by atoms with Gasteiger partial charge in [0.1, 0.15) is 6.10 Å². The third-order valence-electron chi connectivity index (χ3n) is 2.57. The van der Waals surface area contributed by atoms with E-state index in [9.17, 15) is 15.0 Å². The maximum absolute atomic E-state index is 11.6. The topological polar surface area (TPSA) is 66.8 Å². The zero-order valence-electron chi connectivity index (χ0n) is 9.67. The van der Waals surface area contributed by atoms with Crippen molar-refractivity contribution < 1.29 is 19.7 Å². The molecule has 1 aromatic carbocycles. The smallest absolute Gasteiger partial charge is 0.341 e. The van der Waals surface area contributed by atoms with Crippen LogP contribution in [-0.4, -0.2) is 35.0 Å². The minimum Gasteiger partial charge on any atom is -0.467 e. The molecule has 0 heterocycles. The van der Waals surface area contributed by atoms with Crippen molar-refractivity contribution in [1.29, 1.82) is 0 Å². The number of carbonyl (C=O) groups is 1. The summed E-state index contributed by atoms with van der Waals surface area (Å²) >= 11 is 0. The minimum absolute atomic E-state index is 0.0340. The molecule has 1 rings (SSSR count). The van der Waals surface area contributed by atoms with Crippen molar-refractivity contribution in [3.63, 3.8) is 0 Å². The summed E-state index contributed by atoms with van der Waals surface area (Å²) in [6.45, 7) is 3.37. The second-order valence-corrected chi connectivity index (χ2v) is 3.76. The van der Waals surface area contributed by atoms with Crippen LogP contribution in [0.4, 0.5) is 0 Å². The zero-order valence-corrected chi connectivity index (χ0v) is 9.67. The number of esters is 1. The van der Waals surface area contributed by atoms with Gasteiger partial charge in [-0.15, -0.1) is 6.58 Å². The average Bonchev–Trinajstić information content (AvgIpc) is 2.37. The molecular weight excluding hydrogens is 220 g/mol. The third kappa shape index (κ3) is 2.93. The number of hydrogen-bond acceptors (Lipinski definition) is 4. The number of hydrogen-bond donors (Lipinski definition) is 2. The first-order chi connectivity index (χ1) is 8.04. The Morgan fingerprint density at radius 2 is 2.12 bits per heavy atom. The highest BCUT2D eigenvalue weighted by molar-refractivity contribution is 5.80. The predicted octanol–water partition coefficient (Wildman–Crippen LogP) is 0.680. The quantitative estimate of drug-likeness (QED) is 0.583. The second-order valence-electron chi connectivity index (χ2n) is 3.76. The Morgan fingerprint density at radius 1 is 1.53 bits per heavy atom. The van der Waals surface area contributed by atoms with Crippen LogP contribution in [0.1, 0.15) is 5.56 Å². The van der Waals surface area contributed by atoms with Crippen LogP contribution in [0.5, 0.6) is 0 Å². The highest BCUT2D eigenvalue weighted by Crippen LogP contribution is 2.20. The molecule has 1 aromatic rings. The first kappa shape index (κ1) is 13.4. The van der Waals surface area contributed by atoms with E-state index in [1.165, 1.54) is 0 Å². The molecule has 0 spiro atoms. The number of aliphatic hydroxyl groups excluding tert-OH is 1. The molecule has 0 unspecified atom stereocenters. The van der Waals surface area contributed by atoms with Crippen molar-refractivity contribution >= 4 is 5.97 Å². The van der Waals surface area contributed by atoms with Crippen LogP contribution in [0.3, 0.4) is 0 Å². The SMILES string of the molecule is C=C[C@H](O)[C@](O)(Cc1ccccc1)C(=O)OC. The van der Waals surface area contributed by atoms with Gasteiger partial charge in [-0.1, -0.05) is 36.4 Å². The number of aliphatic hydroxyl groups is 2. The number of methoxy groups -OCH3 is 1. The summed E-state index contributed by atoms with van der Waals surface area (Å²) in [4.78, 5) is 11.6. The van der Waals surface area contributed by atoms with E-state index in [-0.39, 0.29) is 6.42 Å². The van der Waals surface area contributed by atoms with Gasteiger partial charge in [0.25, 0.3) is 0 Å². The molecule has 0 aromatic heterocycles. The Bertz CT molecular complexity index is 388. The fourth-order valence-electron chi connectivity index (χ4n) is 1.58. The highest BCUT2D eigenvalue weighted by atomic mass is 16.5. The first-order valence-electron chi connectivity index (χ1n) is 5.20. The zero-order chi connectivity index (χ0) is 12.9. The molecule has 0 amide bonds. The normalized spacial score (nSPS) is 15.7. The second kappa shape index (κ2) is 5.61. The summed E-state index contributed by atoms with van der Waals surface area (Å²) < 4.78 is 4.51. The molecule has 92 valence electrons. The molecule has 0 saturated carbocycles. The monoisotopic (exact) mass is 236 g/mol. The molecular formula is C13H16O4. The lowest BCUT2D eigenvalue weighted by atomic mass is 9.89. The van der Waals surface area contributed by atoms with Crippen LogP contribution >= 0.6 is 0 Å². The Kier molecular flexibility index (Phi) is 4.43. The summed E-state index contributed by atoms with van der Waals surface area (Å²) in [5.74, 6) is -0.881. The average molecular weight is 236 g/mol. The van der Waals surface area contributed by atoms with E-state index in [0.717, 1.165) is 18.7 Å². The first-order valence-corrected chi connectivity index (χ1v) is 5.20. The van der Waals surface area contributed by atoms with Crippen LogP contribution in [0.15, 0.2) is 43.0 Å². The van der Waals surface area contributed by atoms with Gasteiger partial charge in [0.05, 0.1) is 7.11 Å². The summed E-state index contributed by atoms with van der Waals surface area (Å²) in [6, 6.07) is 8.90. The van der Waals surface area contributed by atoms with E-state index < -0.39 is 17.7 Å². The molecule has 0 saturated heterocycles. The van der Waals surface area contributed by atoms with Gasteiger partial charge in [-0.05, 0) is 5.56 Å². The molecule has 0 fully saturated rings. The van der Waals surface area contributed by atoms with E-state index in [1.54, 1.807) is 24.3 Å². The summed E-state index contributed by atoms with van der Waals surface area (Å²) in [7, 11) is 1.16. The Morgan fingerprint density at radius 3 is 2.59 bits per heavy atom. The van der Waals surface area contributed by atoms with Gasteiger partial charge in [-0.3, -0.25) is 0 Å². The molecule has 2 N–H and O–H groups in total. The minimum atomic E-state index is -2.00. The van der Waals surface area contributed by atoms with E-state index in [0.29, 0.717) is 0 Å². The van der Waals surface area contributed by atoms with Crippen LogP contribution in [0, 0.1) is 0 Å². The largest absolute Gasteiger partial charge is 0.467 e. The Hall–Kier alpha value is -1.65. The predicted molar refractivity (Wildman–Crippen MR) is 63.3 cm³/mol. The van der Waals surface area contributed by atoms with E-state index in [2.05, 4.69) is 11.3 Å². The van der Waals surface area contributed by atoms with Gasteiger partial charge in [-0.2, -0.15) is 0 Å². The lowest BCUT2D eigenvalue weighted by molar-refractivity contribution is -0.171. The molecule has 2 atom stereocenters. The highest BCUT2D eigenvalue weighted by Gasteiger charge is 2.43.